The van der Waals surface area contributed by atoms with Gasteiger partial charge in [0.25, 0.3) is 0 Å². The number of hydrogen-bond donors (Lipinski definition) is 1. The first-order valence-electron chi connectivity index (χ1n) is 3.45. The van der Waals surface area contributed by atoms with Crippen molar-refractivity contribution in [2.45, 2.75) is 0 Å². The highest BCUT2D eigenvalue weighted by Crippen LogP contribution is 2.13. The predicted octanol–water partition coefficient (Wildman–Crippen LogP) is 2.53. The Bertz CT molecular complexity index is 361. The molecular formula is C9H6FIO2. The summed E-state index contributed by atoms with van der Waals surface area (Å²) in [6, 6.07) is 4.54. The second-order valence-electron chi connectivity index (χ2n) is 2.35. The standard InChI is InChI=1S/C9H6FIO2/c10-7-5-6(1-3-8(7)11)2-4-9(12)13/h1-5H,(H,12,13)/b4-2+. The van der Waals surface area contributed by atoms with E-state index in [1.54, 1.807) is 12.1 Å². The molecule has 1 aromatic carbocycles. The molecular weight excluding hydrogens is 286 g/mol. The van der Waals surface area contributed by atoms with E-state index in [-0.39, 0.29) is 5.82 Å². The first kappa shape index (κ1) is 10.2. The minimum absolute atomic E-state index is 0.340. The van der Waals surface area contributed by atoms with Crippen molar-refractivity contribution >= 4 is 34.6 Å². The molecule has 68 valence electrons. The fourth-order valence-corrected chi connectivity index (χ4v) is 1.12. The normalized spacial score (nSPS) is 10.6. The van der Waals surface area contributed by atoms with Crippen LogP contribution in [0.2, 0.25) is 0 Å². The Balaban J connectivity index is 2.92. The maximum Gasteiger partial charge on any atom is 0.328 e. The van der Waals surface area contributed by atoms with Gasteiger partial charge in [0.05, 0.1) is 0 Å². The Morgan fingerprint density at radius 2 is 2.23 bits per heavy atom. The summed E-state index contributed by atoms with van der Waals surface area (Å²) in [7, 11) is 0. The van der Waals surface area contributed by atoms with Gasteiger partial charge in [-0.25, -0.2) is 9.18 Å². The molecule has 0 amide bonds. The molecule has 0 aliphatic rings. The van der Waals surface area contributed by atoms with Crippen molar-refractivity contribution in [1.29, 1.82) is 0 Å². The van der Waals surface area contributed by atoms with E-state index in [1.807, 2.05) is 22.6 Å². The van der Waals surface area contributed by atoms with Gasteiger partial charge in [-0.15, -0.1) is 0 Å². The molecule has 0 saturated carbocycles. The van der Waals surface area contributed by atoms with Gasteiger partial charge in [0.2, 0.25) is 0 Å². The molecule has 2 nitrogen and oxygen atoms in total. The largest absolute Gasteiger partial charge is 0.478 e. The fourth-order valence-electron chi connectivity index (χ4n) is 0.784. The van der Waals surface area contributed by atoms with E-state index in [2.05, 4.69) is 0 Å². The van der Waals surface area contributed by atoms with Gasteiger partial charge in [0, 0.05) is 9.65 Å². The van der Waals surface area contributed by atoms with Gasteiger partial charge in [-0.3, -0.25) is 0 Å². The second kappa shape index (κ2) is 4.36. The lowest BCUT2D eigenvalue weighted by atomic mass is 10.2. The van der Waals surface area contributed by atoms with E-state index in [9.17, 15) is 9.18 Å². The molecule has 0 unspecified atom stereocenters. The zero-order chi connectivity index (χ0) is 9.84. The van der Waals surface area contributed by atoms with Crippen LogP contribution in [0, 0.1) is 9.39 Å². The number of carboxylic acids is 1. The molecule has 0 heterocycles. The summed E-state index contributed by atoms with van der Waals surface area (Å²) in [6.45, 7) is 0. The number of benzene rings is 1. The molecule has 0 aliphatic carbocycles. The Kier molecular flexibility index (Phi) is 3.41. The third-order valence-electron chi connectivity index (χ3n) is 1.36. The lowest BCUT2D eigenvalue weighted by molar-refractivity contribution is -0.131. The van der Waals surface area contributed by atoms with Gasteiger partial charge >= 0.3 is 5.97 Å². The monoisotopic (exact) mass is 292 g/mol. The van der Waals surface area contributed by atoms with Crippen LogP contribution in [0.4, 0.5) is 4.39 Å². The van der Waals surface area contributed by atoms with Crippen molar-refractivity contribution < 1.29 is 14.3 Å². The van der Waals surface area contributed by atoms with Crippen molar-refractivity contribution in [2.24, 2.45) is 0 Å². The first-order valence-corrected chi connectivity index (χ1v) is 4.53. The van der Waals surface area contributed by atoms with Crippen molar-refractivity contribution in [2.75, 3.05) is 0 Å². The average Bonchev–Trinajstić information content (AvgIpc) is 2.07. The highest BCUT2D eigenvalue weighted by atomic mass is 127. The zero-order valence-electron chi connectivity index (χ0n) is 6.50. The molecule has 0 fully saturated rings. The maximum absolute atomic E-state index is 12.9. The summed E-state index contributed by atoms with van der Waals surface area (Å²) in [5, 5.41) is 8.32. The molecule has 0 radical (unpaired) electrons. The summed E-state index contributed by atoms with van der Waals surface area (Å²) < 4.78 is 13.4. The fraction of sp³-hybridized carbons (Fsp3) is 0. The number of halogens is 2. The topological polar surface area (TPSA) is 37.3 Å². The van der Waals surface area contributed by atoms with Gasteiger partial charge in [0.15, 0.2) is 0 Å². The van der Waals surface area contributed by atoms with Gasteiger partial charge < -0.3 is 5.11 Å². The summed E-state index contributed by atoms with van der Waals surface area (Å²) in [5.74, 6) is -1.38. The SMILES string of the molecule is O=C(O)/C=C/c1ccc(I)c(F)c1. The van der Waals surface area contributed by atoms with Gasteiger partial charge in [-0.2, -0.15) is 0 Å². The van der Waals surface area contributed by atoms with Crippen LogP contribution in [-0.2, 0) is 4.79 Å². The van der Waals surface area contributed by atoms with Crippen LogP contribution in [-0.4, -0.2) is 11.1 Å². The summed E-state index contributed by atoms with van der Waals surface area (Å²) in [6.07, 6.45) is 2.32. The smallest absolute Gasteiger partial charge is 0.328 e. The van der Waals surface area contributed by atoms with Gasteiger partial charge in [-0.1, -0.05) is 6.07 Å². The Morgan fingerprint density at radius 1 is 1.54 bits per heavy atom. The second-order valence-corrected chi connectivity index (χ2v) is 3.51. The first-order chi connectivity index (χ1) is 6.09. The molecule has 4 heteroatoms. The van der Waals surface area contributed by atoms with Crippen LogP contribution in [0.25, 0.3) is 6.08 Å². The summed E-state index contributed by atoms with van der Waals surface area (Å²) in [5.41, 5.74) is 0.542. The highest BCUT2D eigenvalue weighted by Gasteiger charge is 1.97. The van der Waals surface area contributed by atoms with Crippen molar-refractivity contribution in [3.8, 4) is 0 Å². The minimum Gasteiger partial charge on any atom is -0.478 e. The number of hydrogen-bond acceptors (Lipinski definition) is 1. The van der Waals surface area contributed by atoms with Crippen molar-refractivity contribution in [1.82, 2.24) is 0 Å². The molecule has 0 bridgehead atoms. The van der Waals surface area contributed by atoms with Crippen LogP contribution in [0.15, 0.2) is 24.3 Å². The molecule has 0 atom stereocenters. The highest BCUT2D eigenvalue weighted by molar-refractivity contribution is 14.1. The zero-order valence-corrected chi connectivity index (χ0v) is 8.66. The molecule has 1 N–H and O–H groups in total. The summed E-state index contributed by atoms with van der Waals surface area (Å²) in [4.78, 5) is 10.1. The Labute approximate surface area is 88.2 Å². The lowest BCUT2D eigenvalue weighted by Gasteiger charge is -1.95. The van der Waals surface area contributed by atoms with Crippen LogP contribution in [0.5, 0.6) is 0 Å². The molecule has 0 aromatic heterocycles. The third kappa shape index (κ3) is 3.14. The maximum atomic E-state index is 12.9. The summed E-state index contributed by atoms with van der Waals surface area (Å²) >= 11 is 1.87. The van der Waals surface area contributed by atoms with Crippen molar-refractivity contribution in [3.63, 3.8) is 0 Å². The number of carbonyl (C=O) groups is 1. The number of rotatable bonds is 2. The molecule has 0 aliphatic heterocycles. The molecule has 1 rings (SSSR count). The molecule has 0 saturated heterocycles. The van der Waals surface area contributed by atoms with Crippen LogP contribution < -0.4 is 0 Å². The van der Waals surface area contributed by atoms with Crippen LogP contribution in [0.1, 0.15) is 5.56 Å². The average molecular weight is 292 g/mol. The Morgan fingerprint density at radius 3 is 2.77 bits per heavy atom. The third-order valence-corrected chi connectivity index (χ3v) is 2.24. The molecule has 13 heavy (non-hydrogen) atoms. The van der Waals surface area contributed by atoms with E-state index >= 15 is 0 Å². The van der Waals surface area contributed by atoms with Gasteiger partial charge in [-0.05, 0) is 46.4 Å². The minimum atomic E-state index is -1.04. The van der Waals surface area contributed by atoms with Crippen molar-refractivity contribution in [3.05, 3.63) is 39.2 Å². The van der Waals surface area contributed by atoms with Crippen LogP contribution >= 0.6 is 22.6 Å². The van der Waals surface area contributed by atoms with E-state index in [0.717, 1.165) is 6.08 Å². The van der Waals surface area contributed by atoms with E-state index in [0.29, 0.717) is 9.13 Å². The van der Waals surface area contributed by atoms with E-state index in [1.165, 1.54) is 12.1 Å². The molecule has 1 aromatic rings. The van der Waals surface area contributed by atoms with E-state index in [4.69, 9.17) is 5.11 Å². The number of aliphatic carboxylic acids is 1. The van der Waals surface area contributed by atoms with E-state index < -0.39 is 5.97 Å². The quantitative estimate of drug-likeness (QED) is 0.672. The Hall–Kier alpha value is -0.910. The molecule has 0 spiro atoms. The lowest BCUT2D eigenvalue weighted by Crippen LogP contribution is -1.87. The predicted molar refractivity (Wildman–Crippen MR) is 55.8 cm³/mol. The number of carboxylic acid groups (broad SMARTS) is 1. The van der Waals surface area contributed by atoms with Gasteiger partial charge in [0.1, 0.15) is 5.82 Å². The van der Waals surface area contributed by atoms with Crippen LogP contribution in [0.3, 0.4) is 0 Å².